The maximum Gasteiger partial charge on any atom is 0.702 e. The van der Waals surface area contributed by atoms with Gasteiger partial charge in [0.05, 0.1) is 0 Å². The summed E-state index contributed by atoms with van der Waals surface area (Å²) in [4.78, 5) is 8.11. The quantitative estimate of drug-likeness (QED) is 0.305. The Hall–Kier alpha value is -0.580. The van der Waals surface area contributed by atoms with Crippen LogP contribution in [0.4, 0.5) is 0 Å². The van der Waals surface area contributed by atoms with Crippen molar-refractivity contribution in [2.24, 2.45) is 5.34 Å². The van der Waals surface area contributed by atoms with Gasteiger partial charge < -0.3 is 5.21 Å². The molecular formula is CH3NO5P+. The predicted molar refractivity (Wildman–Crippen MR) is 22.2 cm³/mol. The van der Waals surface area contributed by atoms with E-state index < -0.39 is 8.25 Å². The van der Waals surface area contributed by atoms with E-state index in [0.29, 0.717) is 0 Å². The van der Waals surface area contributed by atoms with Crippen molar-refractivity contribution in [3.8, 4) is 0 Å². The molecule has 0 amide bonds. The lowest BCUT2D eigenvalue weighted by Crippen LogP contribution is -1.97. The molecule has 0 saturated carbocycles. The molecule has 0 unspecified atom stereocenters. The molecule has 6 nitrogen and oxygen atoms in total. The van der Waals surface area contributed by atoms with Gasteiger partial charge in [0.2, 0.25) is 0 Å². The number of nitrogens with zero attached hydrogens (tertiary/aromatic N) is 1. The van der Waals surface area contributed by atoms with Crippen molar-refractivity contribution in [2.45, 2.75) is 0 Å². The zero-order chi connectivity index (χ0) is 6.41. The molecule has 1 fully saturated rings. The van der Waals surface area contributed by atoms with Crippen molar-refractivity contribution in [1.29, 1.82) is 0 Å². The maximum absolute atomic E-state index is 9.60. The van der Waals surface area contributed by atoms with E-state index in [1.165, 1.54) is 5.34 Å². The molecule has 0 radical (unpaired) electrons. The summed E-state index contributed by atoms with van der Waals surface area (Å²) in [7, 11) is -1.67. The van der Waals surface area contributed by atoms with Gasteiger partial charge in [-0.2, -0.15) is 0 Å². The Bertz CT molecular complexity index is 86.4. The summed E-state index contributed by atoms with van der Waals surface area (Å²) in [5.41, 5.74) is 0. The Morgan fingerprint density at radius 3 is 1.88 bits per heavy atom. The van der Waals surface area contributed by atoms with Crippen LogP contribution in [0.25, 0.3) is 0 Å². The second kappa shape index (κ2) is 4.58. The van der Waals surface area contributed by atoms with Gasteiger partial charge in [0.15, 0.2) is 5.34 Å². The van der Waals surface area contributed by atoms with Crippen LogP contribution in [0.1, 0.15) is 0 Å². The second-order valence-corrected chi connectivity index (χ2v) is 1.64. The minimum atomic E-state index is -1.67. The summed E-state index contributed by atoms with van der Waals surface area (Å²) in [5.74, 6) is 0. The highest BCUT2D eigenvalue weighted by Gasteiger charge is 2.32. The number of rotatable bonds is 0. The monoisotopic (exact) mass is 140 g/mol. The molecule has 1 aliphatic rings. The first-order valence-corrected chi connectivity index (χ1v) is 2.60. The molecule has 1 heterocycles. The summed E-state index contributed by atoms with van der Waals surface area (Å²) in [5, 5.41) is 7.89. The average Bonchev–Trinajstić information content (AvgIpc) is 1.64. The number of hydrogen-bond acceptors (Lipinski definition) is 5. The van der Waals surface area contributed by atoms with Gasteiger partial charge in [-0.25, -0.2) is 0 Å². The summed E-state index contributed by atoms with van der Waals surface area (Å²) >= 11 is 0. The molecule has 1 aliphatic heterocycles. The van der Waals surface area contributed by atoms with Crippen LogP contribution in [-0.4, -0.2) is 12.0 Å². The van der Waals surface area contributed by atoms with Gasteiger partial charge in [-0.1, -0.05) is 9.05 Å². The van der Waals surface area contributed by atoms with Crippen LogP contribution in [0.5, 0.6) is 0 Å². The molecule has 0 spiro atoms. The molecule has 0 aromatic heterocycles. The summed E-state index contributed by atoms with van der Waals surface area (Å²) < 4.78 is 18.0. The second-order valence-electron chi connectivity index (χ2n) is 0.681. The molecule has 0 aromatic rings. The van der Waals surface area contributed by atoms with Gasteiger partial charge in [-0.3, -0.25) is 0 Å². The van der Waals surface area contributed by atoms with Crippen molar-refractivity contribution >= 4 is 8.25 Å². The van der Waals surface area contributed by atoms with Gasteiger partial charge in [0.1, 0.15) is 0 Å². The van der Waals surface area contributed by atoms with Crippen LogP contribution in [0.3, 0.4) is 0 Å². The number of hydrogen-bond donors (Lipinski definition) is 1. The standard InChI is InChI=1S/CH2O3P.HNO2/c2-5-3-1-4-5;2-1-3/h1H2;(H,2,3)/q+1;. The van der Waals surface area contributed by atoms with E-state index >= 15 is 0 Å². The van der Waals surface area contributed by atoms with E-state index in [9.17, 15) is 4.57 Å². The average molecular weight is 140 g/mol. The highest BCUT2D eigenvalue weighted by Crippen LogP contribution is 2.32. The largest absolute Gasteiger partial charge is 0.702 e. The fourth-order valence-electron chi connectivity index (χ4n) is 0.0957. The van der Waals surface area contributed by atoms with E-state index in [1.54, 1.807) is 0 Å². The Morgan fingerprint density at radius 1 is 1.62 bits per heavy atom. The first-order valence-electron chi connectivity index (χ1n) is 1.51. The molecule has 46 valence electrons. The predicted octanol–water partition coefficient (Wildman–Crippen LogP) is 0.790. The van der Waals surface area contributed by atoms with Crippen LogP contribution in [0, 0.1) is 4.91 Å². The fraction of sp³-hybridized carbons (Fsp3) is 1.00. The summed E-state index contributed by atoms with van der Waals surface area (Å²) in [6, 6.07) is 0. The lowest BCUT2D eigenvalue weighted by molar-refractivity contribution is 0.0270. The molecule has 0 aliphatic carbocycles. The molecule has 7 heteroatoms. The molecule has 1 saturated heterocycles. The Balaban J connectivity index is 0.000000145. The lowest BCUT2D eigenvalue weighted by Gasteiger charge is -1.88. The van der Waals surface area contributed by atoms with E-state index in [4.69, 9.17) is 10.1 Å². The van der Waals surface area contributed by atoms with Gasteiger partial charge >= 0.3 is 8.25 Å². The van der Waals surface area contributed by atoms with Crippen molar-refractivity contribution in [3.63, 3.8) is 0 Å². The van der Waals surface area contributed by atoms with Crippen molar-refractivity contribution < 1.29 is 18.8 Å². The highest BCUT2D eigenvalue weighted by molar-refractivity contribution is 7.34. The SMILES string of the molecule is O=NO.O=[P+]1OCO1. The van der Waals surface area contributed by atoms with Gasteiger partial charge in [-0.05, 0) is 0 Å². The Kier molecular flexibility index (Phi) is 4.24. The van der Waals surface area contributed by atoms with Crippen LogP contribution < -0.4 is 0 Å². The van der Waals surface area contributed by atoms with Gasteiger partial charge in [-0.15, -0.1) is 4.91 Å². The summed E-state index contributed by atoms with van der Waals surface area (Å²) in [6.07, 6.45) is 0. The molecule has 0 aromatic carbocycles. The molecule has 0 atom stereocenters. The molecule has 1 rings (SSSR count). The van der Waals surface area contributed by atoms with Crippen LogP contribution in [0.15, 0.2) is 5.34 Å². The van der Waals surface area contributed by atoms with E-state index in [0.717, 1.165) is 0 Å². The topological polar surface area (TPSA) is 85.2 Å². The molecule has 1 N–H and O–H groups in total. The van der Waals surface area contributed by atoms with Crippen molar-refractivity contribution in [1.82, 2.24) is 0 Å². The third-order valence-electron chi connectivity index (χ3n) is 0.316. The summed E-state index contributed by atoms with van der Waals surface area (Å²) in [6.45, 7) is 0.204. The smallest absolute Gasteiger partial charge is 0.379 e. The fourth-order valence-corrected chi connectivity index (χ4v) is 0.287. The third-order valence-corrected chi connectivity index (χ3v) is 0.949. The van der Waals surface area contributed by atoms with Gasteiger partial charge in [0.25, 0.3) is 6.79 Å². The highest BCUT2D eigenvalue weighted by atomic mass is 31.1. The van der Waals surface area contributed by atoms with Gasteiger partial charge in [0, 0.05) is 4.57 Å². The van der Waals surface area contributed by atoms with Crippen LogP contribution in [0.2, 0.25) is 0 Å². The zero-order valence-electron chi connectivity index (χ0n) is 3.68. The minimum Gasteiger partial charge on any atom is -0.379 e. The Morgan fingerprint density at radius 2 is 1.88 bits per heavy atom. The maximum atomic E-state index is 9.60. The molecule has 8 heavy (non-hydrogen) atoms. The van der Waals surface area contributed by atoms with Crippen LogP contribution >= 0.6 is 8.25 Å². The minimum absolute atomic E-state index is 0.204. The molecule has 0 bridgehead atoms. The Labute approximate surface area is 45.3 Å². The van der Waals surface area contributed by atoms with Crippen molar-refractivity contribution in [2.75, 3.05) is 6.79 Å². The van der Waals surface area contributed by atoms with Crippen molar-refractivity contribution in [3.05, 3.63) is 4.91 Å². The first kappa shape index (κ1) is 7.42. The third kappa shape index (κ3) is 3.60. The lowest BCUT2D eigenvalue weighted by atomic mass is 11.6. The van der Waals surface area contributed by atoms with Crippen LogP contribution in [-0.2, 0) is 13.6 Å². The van der Waals surface area contributed by atoms with E-state index in [-0.39, 0.29) is 6.79 Å². The molecular weight excluding hydrogens is 137 g/mol. The van der Waals surface area contributed by atoms with E-state index in [2.05, 4.69) is 9.05 Å². The zero-order valence-corrected chi connectivity index (χ0v) is 4.58. The van der Waals surface area contributed by atoms with E-state index in [1.807, 2.05) is 0 Å². The first-order chi connectivity index (χ1) is 3.81. The normalized spacial score (nSPS) is 15.2.